The number of hydrogen-bond donors (Lipinski definition) is 0. The number of thiophene rings is 1. The maximum atomic E-state index is 2.53. The zero-order valence-electron chi connectivity index (χ0n) is 46.3. The fourth-order valence-electron chi connectivity index (χ4n) is 16.2. The van der Waals surface area contributed by atoms with Crippen molar-refractivity contribution in [1.82, 2.24) is 0 Å². The molecule has 0 nitrogen and oxygen atoms in total. The highest BCUT2D eigenvalue weighted by Gasteiger charge is 2.45. The van der Waals surface area contributed by atoms with Crippen LogP contribution in [-0.4, -0.2) is 0 Å². The van der Waals surface area contributed by atoms with E-state index in [2.05, 4.69) is 258 Å². The second kappa shape index (κ2) is 17.0. The second-order valence-corrected chi connectivity index (χ2v) is 27.0. The lowest BCUT2D eigenvalue weighted by Crippen LogP contribution is -2.24. The molecule has 0 N–H and O–H groups in total. The van der Waals surface area contributed by atoms with Crippen molar-refractivity contribution in [3.8, 4) is 66.8 Å². The van der Waals surface area contributed by atoms with Gasteiger partial charge in [0.05, 0.1) is 0 Å². The minimum absolute atomic E-state index is 0.0389. The Labute approximate surface area is 486 Å². The molecular formula is C80H56S2. The molecule has 0 amide bonds. The Morgan fingerprint density at radius 2 is 1.01 bits per heavy atom. The van der Waals surface area contributed by atoms with Crippen LogP contribution in [0.3, 0.4) is 0 Å². The summed E-state index contributed by atoms with van der Waals surface area (Å²) in [5.74, 6) is 0.901. The third-order valence-corrected chi connectivity index (χ3v) is 22.2. The lowest BCUT2D eigenvalue weighted by molar-refractivity contribution is 0.394. The van der Waals surface area contributed by atoms with Gasteiger partial charge in [0.2, 0.25) is 0 Å². The highest BCUT2D eigenvalue weighted by Crippen LogP contribution is 2.58. The van der Waals surface area contributed by atoms with Gasteiger partial charge in [-0.2, -0.15) is 0 Å². The Hall–Kier alpha value is -8.53. The first-order valence-corrected chi connectivity index (χ1v) is 31.0. The molecule has 0 radical (unpaired) electrons. The summed E-state index contributed by atoms with van der Waals surface area (Å²) in [4.78, 5) is 2.64. The molecule has 2 unspecified atom stereocenters. The molecule has 2 heterocycles. The van der Waals surface area contributed by atoms with E-state index in [1.165, 1.54) is 173 Å². The number of rotatable bonds is 4. The molecule has 0 spiro atoms. The second-order valence-electron chi connectivity index (χ2n) is 24.8. The van der Waals surface area contributed by atoms with Crippen molar-refractivity contribution in [3.63, 3.8) is 0 Å². The highest BCUT2D eigenvalue weighted by molar-refractivity contribution is 7.99. The molecule has 0 saturated heterocycles. The largest absolute Gasteiger partial charge is 0.135 e. The van der Waals surface area contributed by atoms with Gasteiger partial charge in [0, 0.05) is 46.7 Å². The molecule has 1 aromatic heterocycles. The molecule has 0 fully saturated rings. The van der Waals surface area contributed by atoms with Gasteiger partial charge in [-0.3, -0.25) is 0 Å². The number of hydrogen-bond acceptors (Lipinski definition) is 2. The third kappa shape index (κ3) is 6.40. The number of benzene rings is 12. The van der Waals surface area contributed by atoms with Crippen LogP contribution in [0.5, 0.6) is 0 Å². The molecule has 388 valence electrons. The van der Waals surface area contributed by atoms with E-state index in [9.17, 15) is 0 Å². The van der Waals surface area contributed by atoms with Crippen LogP contribution >= 0.6 is 23.1 Å². The molecule has 18 rings (SSSR count). The monoisotopic (exact) mass is 1080 g/mol. The van der Waals surface area contributed by atoms with Gasteiger partial charge in [-0.15, -0.1) is 11.3 Å². The van der Waals surface area contributed by atoms with Crippen LogP contribution in [0, 0.1) is 5.92 Å². The minimum Gasteiger partial charge on any atom is -0.135 e. The Morgan fingerprint density at radius 1 is 0.415 bits per heavy atom. The first kappa shape index (κ1) is 47.1. The van der Waals surface area contributed by atoms with Crippen molar-refractivity contribution < 1.29 is 0 Å². The first-order valence-electron chi connectivity index (χ1n) is 29.4. The average molecular weight is 1080 g/mol. The summed E-state index contributed by atoms with van der Waals surface area (Å²) in [7, 11) is 0. The molecule has 4 aliphatic carbocycles. The van der Waals surface area contributed by atoms with Crippen LogP contribution in [-0.2, 0) is 17.3 Å². The zero-order valence-corrected chi connectivity index (χ0v) is 48.0. The van der Waals surface area contributed by atoms with Gasteiger partial charge in [0.25, 0.3) is 0 Å². The van der Waals surface area contributed by atoms with Crippen molar-refractivity contribution in [2.24, 2.45) is 5.92 Å². The van der Waals surface area contributed by atoms with E-state index in [0.29, 0.717) is 11.8 Å². The van der Waals surface area contributed by atoms with Gasteiger partial charge in [-0.05, 0) is 192 Å². The highest BCUT2D eigenvalue weighted by atomic mass is 32.2. The van der Waals surface area contributed by atoms with Gasteiger partial charge in [0.1, 0.15) is 0 Å². The summed E-state index contributed by atoms with van der Waals surface area (Å²) in [6, 6.07) is 75.4. The van der Waals surface area contributed by atoms with E-state index in [-0.39, 0.29) is 10.8 Å². The van der Waals surface area contributed by atoms with Crippen molar-refractivity contribution >= 4 is 92.4 Å². The van der Waals surface area contributed by atoms with E-state index in [1.807, 2.05) is 23.1 Å². The normalized spacial score (nSPS) is 17.4. The van der Waals surface area contributed by atoms with Crippen LogP contribution in [0.2, 0.25) is 0 Å². The van der Waals surface area contributed by atoms with Crippen LogP contribution in [0.4, 0.5) is 0 Å². The lowest BCUT2D eigenvalue weighted by Gasteiger charge is -2.29. The Balaban J connectivity index is 0.763. The number of allylic oxidation sites excluding steroid dienone is 5. The Bertz CT molecular complexity index is 5090. The van der Waals surface area contributed by atoms with Gasteiger partial charge < -0.3 is 0 Å². The summed E-state index contributed by atoms with van der Waals surface area (Å²) < 4.78 is 2.67. The smallest absolute Gasteiger partial charge is 0.0368 e. The first-order chi connectivity index (χ1) is 40.2. The predicted octanol–water partition coefficient (Wildman–Crippen LogP) is 22.8. The quantitative estimate of drug-likeness (QED) is 0.158. The minimum atomic E-state index is -0.0637. The maximum Gasteiger partial charge on any atom is 0.0368 e. The maximum absolute atomic E-state index is 2.53. The summed E-state index contributed by atoms with van der Waals surface area (Å²) in [5.41, 5.74) is 24.5. The standard InChI is InChI=1S/C80H56S2/c1-79(2)65-29-15-13-18-49(65)51-36-32-45(40-67(51)79)73-54-20-5-9-24-58(54)75(59-25-10-6-21-55(59)73)47-34-38-53-64-44-72-77(63-28-17-31-69(78(63)64)81-70(53)42-47)62-39-35-48(43-71(62)82-72)76-60-26-11-7-22-56(60)74(57-23-8-12-27-61(57)76)46-33-37-52-50-19-14-16-30-66(50)80(3,4)68(52)41-46/h5-7,9-22,24-44,49,65H,8,23H2,1-4H3. The summed E-state index contributed by atoms with van der Waals surface area (Å²) in [5, 5.41) is 13.3. The summed E-state index contributed by atoms with van der Waals surface area (Å²) >= 11 is 3.89. The van der Waals surface area contributed by atoms with Crippen LogP contribution in [0.1, 0.15) is 73.4 Å². The fourth-order valence-corrected chi connectivity index (χ4v) is 18.6. The van der Waals surface area contributed by atoms with Crippen molar-refractivity contribution in [2.45, 2.75) is 67.1 Å². The molecular weight excluding hydrogens is 1030 g/mol. The molecule has 82 heavy (non-hydrogen) atoms. The van der Waals surface area contributed by atoms with Crippen LogP contribution < -0.4 is 0 Å². The molecule has 5 aliphatic rings. The van der Waals surface area contributed by atoms with E-state index in [1.54, 1.807) is 0 Å². The molecule has 12 aromatic carbocycles. The zero-order chi connectivity index (χ0) is 54.3. The van der Waals surface area contributed by atoms with Gasteiger partial charge in [-0.25, -0.2) is 0 Å². The SMILES string of the molecule is CC1(C)c2ccccc2-c2ccc(-c3c4c(c(-c5ccc6c(c5)sc5cc7c8c(cccc8c56)Sc5cc(-c6c8ccccc8c(-c8ccc9c(c8)C(C)(C)C8C=CC=CC98)c8ccccc68)ccc5-7)c5ccccc35)C=CCC4)cc21. The van der Waals surface area contributed by atoms with E-state index in [0.717, 1.165) is 12.8 Å². The predicted molar refractivity (Wildman–Crippen MR) is 353 cm³/mol. The summed E-state index contributed by atoms with van der Waals surface area (Å²) in [6.07, 6.45) is 16.2. The van der Waals surface area contributed by atoms with Gasteiger partial charge >= 0.3 is 0 Å². The van der Waals surface area contributed by atoms with Crippen molar-refractivity contribution in [3.05, 3.63) is 258 Å². The third-order valence-electron chi connectivity index (χ3n) is 20.0. The topological polar surface area (TPSA) is 0 Å². The fraction of sp³-hybridized carbons (Fsp3) is 0.125. The van der Waals surface area contributed by atoms with Crippen LogP contribution in [0.15, 0.2) is 234 Å². The van der Waals surface area contributed by atoms with Crippen molar-refractivity contribution in [1.29, 1.82) is 0 Å². The summed E-state index contributed by atoms with van der Waals surface area (Å²) in [6.45, 7) is 9.68. The number of fused-ring (bicyclic) bond motifs is 16. The molecule has 2 atom stereocenters. The molecule has 2 heteroatoms. The van der Waals surface area contributed by atoms with Crippen LogP contribution in [0.25, 0.3) is 136 Å². The molecule has 1 aliphatic heterocycles. The average Bonchev–Trinajstić information content (AvgIpc) is 2.05. The van der Waals surface area contributed by atoms with Crippen molar-refractivity contribution in [2.75, 3.05) is 0 Å². The Morgan fingerprint density at radius 3 is 1.78 bits per heavy atom. The van der Waals surface area contributed by atoms with E-state index >= 15 is 0 Å². The Kier molecular flexibility index (Phi) is 9.79. The molecule has 0 saturated carbocycles. The van der Waals surface area contributed by atoms with E-state index in [4.69, 9.17) is 0 Å². The van der Waals surface area contributed by atoms with Gasteiger partial charge in [-0.1, -0.05) is 240 Å². The van der Waals surface area contributed by atoms with E-state index < -0.39 is 0 Å². The molecule has 0 bridgehead atoms. The lowest BCUT2D eigenvalue weighted by atomic mass is 9.74. The molecule has 13 aromatic rings. The van der Waals surface area contributed by atoms with Gasteiger partial charge in [0.15, 0.2) is 0 Å².